The van der Waals surface area contributed by atoms with Crippen molar-refractivity contribution in [3.05, 3.63) is 0 Å². The molecule has 0 unspecified atom stereocenters. The van der Waals surface area contributed by atoms with Crippen LogP contribution < -0.4 is 18.8 Å². The molecule has 9 heavy (non-hydrogen) atoms. The van der Waals surface area contributed by atoms with E-state index in [1.807, 2.05) is 0 Å². The third kappa shape index (κ3) is 1.25. The van der Waals surface area contributed by atoms with Crippen molar-refractivity contribution in [1.29, 1.82) is 0 Å². The zero-order valence-corrected chi connectivity index (χ0v) is 8.47. The Labute approximate surface area is 61.7 Å². The normalized spacial score (nSPS) is 33.3. The van der Waals surface area contributed by atoms with Crippen LogP contribution in [0.25, 0.3) is 0 Å². The Morgan fingerprint density at radius 2 is 2.00 bits per heavy atom. The number of hydrogen-bond donors (Lipinski definition) is 0. The SMILES string of the molecule is CC1(C)O[B][OH+][I-]1(C)C. The third-order valence-electron chi connectivity index (χ3n) is 1.73. The molecule has 2 nitrogen and oxygen atoms in total. The first-order chi connectivity index (χ1) is 3.96. The van der Waals surface area contributed by atoms with Gasteiger partial charge in [0.2, 0.25) is 0 Å². The molecule has 1 rings (SSSR count). The van der Waals surface area contributed by atoms with E-state index in [0.29, 0.717) is 0 Å². The molecule has 1 fully saturated rings. The molecule has 0 aromatic rings. The van der Waals surface area contributed by atoms with Crippen LogP contribution in [0, 0.1) is 0 Å². The fraction of sp³-hybridized carbons (Fsp3) is 1.00. The first-order valence-corrected chi connectivity index (χ1v) is 9.17. The van der Waals surface area contributed by atoms with E-state index in [0.717, 1.165) is 0 Å². The second-order valence-electron chi connectivity index (χ2n) is 2.86. The van der Waals surface area contributed by atoms with E-state index < -0.39 is 18.8 Å². The molecular formula is C5H13BIO2. The van der Waals surface area contributed by atoms with Gasteiger partial charge in [-0.3, -0.25) is 0 Å². The van der Waals surface area contributed by atoms with Gasteiger partial charge in [0, 0.05) is 0 Å². The molecule has 0 bridgehead atoms. The Morgan fingerprint density at radius 1 is 1.44 bits per heavy atom. The van der Waals surface area contributed by atoms with Crippen LogP contribution in [-0.2, 0) is 4.65 Å². The summed E-state index contributed by atoms with van der Waals surface area (Å²) in [5, 5.41) is 0. The van der Waals surface area contributed by atoms with E-state index in [1.165, 1.54) is 0 Å². The van der Waals surface area contributed by atoms with Crippen molar-refractivity contribution in [2.45, 2.75) is 17.5 Å². The van der Waals surface area contributed by atoms with E-state index in [1.54, 1.807) is 7.69 Å². The average Bonchev–Trinajstić information content (AvgIpc) is 1.81. The zero-order chi connectivity index (χ0) is 7.12. The summed E-state index contributed by atoms with van der Waals surface area (Å²) in [5.74, 6) is 0. The predicted octanol–water partition coefficient (Wildman–Crippen LogP) is -2.85. The molecule has 0 aromatic heterocycles. The van der Waals surface area contributed by atoms with Crippen molar-refractivity contribution in [2.24, 2.45) is 0 Å². The van der Waals surface area contributed by atoms with Crippen LogP contribution >= 0.6 is 0 Å². The van der Waals surface area contributed by atoms with Crippen molar-refractivity contribution in [3.8, 4) is 0 Å². The molecule has 1 aliphatic rings. The summed E-state index contributed by atoms with van der Waals surface area (Å²) < 4.78 is 9.75. The molecule has 0 spiro atoms. The summed E-state index contributed by atoms with van der Waals surface area (Å²) in [5.41, 5.74) is 0. The summed E-state index contributed by atoms with van der Waals surface area (Å²) in [6, 6.07) is 0. The van der Waals surface area contributed by atoms with Gasteiger partial charge in [-0.15, -0.1) is 0 Å². The molecule has 0 aromatic carbocycles. The van der Waals surface area contributed by atoms with Crippen molar-refractivity contribution in [2.75, 3.05) is 9.86 Å². The minimum atomic E-state index is -1.82. The van der Waals surface area contributed by atoms with Crippen molar-refractivity contribution >= 4 is 7.69 Å². The zero-order valence-electron chi connectivity index (χ0n) is 6.31. The summed E-state index contributed by atoms with van der Waals surface area (Å²) in [6.45, 7) is 4.24. The minimum absolute atomic E-state index is 0.0481. The van der Waals surface area contributed by atoms with Crippen LogP contribution in [0.1, 0.15) is 13.8 Å². The van der Waals surface area contributed by atoms with Crippen LogP contribution in [0.15, 0.2) is 0 Å². The quantitative estimate of drug-likeness (QED) is 0.194. The second kappa shape index (κ2) is 2.10. The Kier molecular flexibility index (Phi) is 1.82. The molecule has 0 saturated carbocycles. The van der Waals surface area contributed by atoms with Crippen LogP contribution in [-0.4, -0.2) is 24.1 Å². The maximum absolute atomic E-state index is 5.34. The van der Waals surface area contributed by atoms with E-state index in [4.69, 9.17) is 4.65 Å². The molecule has 0 atom stereocenters. The van der Waals surface area contributed by atoms with Gasteiger partial charge in [-0.05, 0) is 0 Å². The van der Waals surface area contributed by atoms with Gasteiger partial charge in [-0.2, -0.15) is 0 Å². The third-order valence-corrected chi connectivity index (χ3v) is 9.96. The first-order valence-electron chi connectivity index (χ1n) is 2.81. The molecule has 1 radical (unpaired) electrons. The van der Waals surface area contributed by atoms with Crippen molar-refractivity contribution in [3.63, 3.8) is 0 Å². The number of alkyl halides is 3. The molecule has 0 aliphatic carbocycles. The molecule has 1 aliphatic heterocycles. The van der Waals surface area contributed by atoms with E-state index in [2.05, 4.69) is 26.7 Å². The first kappa shape index (κ1) is 7.82. The molecule has 1 N–H and O–H groups in total. The topological polar surface area (TPSA) is 22.0 Å². The van der Waals surface area contributed by atoms with E-state index >= 15 is 0 Å². The molecule has 4 heteroatoms. The fourth-order valence-corrected chi connectivity index (χ4v) is 2.56. The van der Waals surface area contributed by atoms with Gasteiger partial charge in [0.1, 0.15) is 0 Å². The predicted molar refractivity (Wildman–Crippen MR) is 35.0 cm³/mol. The fourth-order valence-electron chi connectivity index (χ4n) is 0.471. The van der Waals surface area contributed by atoms with Crippen LogP contribution in [0.5, 0.6) is 0 Å². The van der Waals surface area contributed by atoms with Gasteiger partial charge in [-0.25, -0.2) is 0 Å². The Bertz CT molecular complexity index is 110. The van der Waals surface area contributed by atoms with Gasteiger partial charge in [0.15, 0.2) is 0 Å². The van der Waals surface area contributed by atoms with E-state index in [9.17, 15) is 0 Å². The molecule has 1 saturated heterocycles. The summed E-state index contributed by atoms with van der Waals surface area (Å²) in [4.78, 5) is 4.49. The van der Waals surface area contributed by atoms with Gasteiger partial charge in [-0.1, -0.05) is 0 Å². The maximum atomic E-state index is 5.34. The Hall–Kier alpha value is 0.715. The standard InChI is InChI=1S/C5H13BIO2/c1-5(2)7(3,4)9-6-8-5/h9H,1-4H3. The van der Waals surface area contributed by atoms with Crippen LogP contribution in [0.2, 0.25) is 0 Å². The van der Waals surface area contributed by atoms with Crippen molar-refractivity contribution < 1.29 is 26.5 Å². The summed E-state index contributed by atoms with van der Waals surface area (Å²) >= 11 is -1.82. The summed E-state index contributed by atoms with van der Waals surface area (Å²) in [6.07, 6.45) is 0. The van der Waals surface area contributed by atoms with Gasteiger partial charge in [0.05, 0.1) is 0 Å². The van der Waals surface area contributed by atoms with Gasteiger partial charge < -0.3 is 0 Å². The van der Waals surface area contributed by atoms with Crippen molar-refractivity contribution in [1.82, 2.24) is 0 Å². The van der Waals surface area contributed by atoms with Crippen LogP contribution in [0.4, 0.5) is 0 Å². The molecule has 1 heterocycles. The van der Waals surface area contributed by atoms with Gasteiger partial charge >= 0.3 is 61.5 Å². The Morgan fingerprint density at radius 3 is 2.11 bits per heavy atom. The molecule has 55 valence electrons. The van der Waals surface area contributed by atoms with Crippen LogP contribution in [0.3, 0.4) is 0 Å². The average molecular weight is 243 g/mol. The van der Waals surface area contributed by atoms with E-state index in [-0.39, 0.29) is 3.61 Å². The monoisotopic (exact) mass is 243 g/mol. The number of rotatable bonds is 0. The van der Waals surface area contributed by atoms with Gasteiger partial charge in [0.25, 0.3) is 0 Å². The number of hydrogen-bond acceptors (Lipinski definition) is 1. The molecule has 0 amide bonds. The summed E-state index contributed by atoms with van der Waals surface area (Å²) in [7, 11) is 1.62. The Balaban J connectivity index is 2.75. The molecular weight excluding hydrogens is 230 g/mol. The number of halogens is 1. The second-order valence-corrected chi connectivity index (χ2v) is 12.7.